The molecule has 90 valence electrons. The van der Waals surface area contributed by atoms with Crippen molar-refractivity contribution in [3.05, 3.63) is 64.8 Å². The average molecular weight is 258 g/mol. The van der Waals surface area contributed by atoms with Crippen molar-refractivity contribution in [2.45, 2.75) is 6.42 Å². The molecule has 0 fully saturated rings. The summed E-state index contributed by atoms with van der Waals surface area (Å²) in [6, 6.07) is 13.5. The number of aromatic amines is 1. The first kappa shape index (κ1) is 11.2. The number of hydrogen-bond acceptors (Lipinski definition) is 1. The molecule has 0 radical (unpaired) electrons. The van der Waals surface area contributed by atoms with Crippen LogP contribution in [0.4, 0.5) is 0 Å². The molecule has 0 bridgehead atoms. The van der Waals surface area contributed by atoms with Crippen LogP contribution in [0.3, 0.4) is 0 Å². The van der Waals surface area contributed by atoms with Gasteiger partial charge in [-0.2, -0.15) is 0 Å². The SMILES string of the molecule is Oc1cc(Cc2ccccc2Cl)cc2[nH]ccc12. The first-order chi connectivity index (χ1) is 8.74. The van der Waals surface area contributed by atoms with Gasteiger partial charge in [0.2, 0.25) is 0 Å². The number of halogens is 1. The quantitative estimate of drug-likeness (QED) is 0.712. The summed E-state index contributed by atoms with van der Waals surface area (Å²) < 4.78 is 0. The Bertz CT molecular complexity index is 703. The minimum atomic E-state index is 0.302. The van der Waals surface area contributed by atoms with E-state index in [0.717, 1.165) is 27.1 Å². The monoisotopic (exact) mass is 257 g/mol. The standard InChI is InChI=1S/C15H12ClNO/c16-13-4-2-1-3-11(13)7-10-8-14-12(5-6-17-14)15(18)9-10/h1-6,8-9,17-18H,7H2. The van der Waals surface area contributed by atoms with Crippen LogP contribution in [0.2, 0.25) is 5.02 Å². The van der Waals surface area contributed by atoms with Crippen molar-refractivity contribution in [2.24, 2.45) is 0 Å². The van der Waals surface area contributed by atoms with E-state index < -0.39 is 0 Å². The van der Waals surface area contributed by atoms with E-state index in [9.17, 15) is 5.11 Å². The number of fused-ring (bicyclic) bond motifs is 1. The highest BCUT2D eigenvalue weighted by Gasteiger charge is 2.06. The van der Waals surface area contributed by atoms with Crippen molar-refractivity contribution in [3.8, 4) is 5.75 Å². The number of H-pyrrole nitrogens is 1. The maximum absolute atomic E-state index is 9.94. The zero-order chi connectivity index (χ0) is 12.5. The third-order valence-electron chi connectivity index (χ3n) is 3.06. The highest BCUT2D eigenvalue weighted by Crippen LogP contribution is 2.28. The lowest BCUT2D eigenvalue weighted by atomic mass is 10.0. The molecule has 18 heavy (non-hydrogen) atoms. The van der Waals surface area contributed by atoms with Gasteiger partial charge < -0.3 is 10.1 Å². The van der Waals surface area contributed by atoms with Crippen LogP contribution in [0.1, 0.15) is 11.1 Å². The van der Waals surface area contributed by atoms with Crippen LogP contribution in [0.5, 0.6) is 5.75 Å². The van der Waals surface area contributed by atoms with Crippen molar-refractivity contribution < 1.29 is 5.11 Å². The summed E-state index contributed by atoms with van der Waals surface area (Å²) in [4.78, 5) is 3.11. The molecule has 0 aliphatic heterocycles. The Hall–Kier alpha value is -1.93. The first-order valence-corrected chi connectivity index (χ1v) is 6.14. The number of phenols is 1. The molecule has 3 heteroatoms. The Morgan fingerprint density at radius 1 is 1.11 bits per heavy atom. The second-order valence-electron chi connectivity index (χ2n) is 4.32. The van der Waals surface area contributed by atoms with Crippen LogP contribution in [0, 0.1) is 0 Å². The molecule has 3 aromatic rings. The molecule has 0 unspecified atom stereocenters. The summed E-state index contributed by atoms with van der Waals surface area (Å²) in [7, 11) is 0. The van der Waals surface area contributed by atoms with Gasteiger partial charge >= 0.3 is 0 Å². The molecule has 0 spiro atoms. The molecule has 0 saturated heterocycles. The smallest absolute Gasteiger partial charge is 0.125 e. The van der Waals surface area contributed by atoms with Crippen molar-refractivity contribution in [2.75, 3.05) is 0 Å². The number of aromatic nitrogens is 1. The molecule has 2 aromatic carbocycles. The fourth-order valence-electron chi connectivity index (χ4n) is 2.17. The molecule has 3 rings (SSSR count). The van der Waals surface area contributed by atoms with E-state index in [2.05, 4.69) is 4.98 Å². The fraction of sp³-hybridized carbons (Fsp3) is 0.0667. The van der Waals surface area contributed by atoms with Gasteiger partial charge in [-0.05, 0) is 41.8 Å². The number of benzene rings is 2. The zero-order valence-corrected chi connectivity index (χ0v) is 10.4. The topological polar surface area (TPSA) is 36.0 Å². The van der Waals surface area contributed by atoms with Gasteiger partial charge in [-0.1, -0.05) is 29.8 Å². The second-order valence-corrected chi connectivity index (χ2v) is 4.73. The van der Waals surface area contributed by atoms with Gasteiger partial charge in [-0.25, -0.2) is 0 Å². The predicted octanol–water partition coefficient (Wildman–Crippen LogP) is 4.12. The highest BCUT2D eigenvalue weighted by atomic mass is 35.5. The summed E-state index contributed by atoms with van der Waals surface area (Å²) in [5, 5.41) is 11.5. The molecule has 2 N–H and O–H groups in total. The van der Waals surface area contributed by atoms with E-state index in [1.807, 2.05) is 42.6 Å². The number of hydrogen-bond donors (Lipinski definition) is 2. The summed E-state index contributed by atoms with van der Waals surface area (Å²) in [5.74, 6) is 0.302. The Balaban J connectivity index is 2.02. The molecular formula is C15H12ClNO. The number of phenolic OH excluding ortho intramolecular Hbond substituents is 1. The zero-order valence-electron chi connectivity index (χ0n) is 9.65. The highest BCUT2D eigenvalue weighted by molar-refractivity contribution is 6.31. The van der Waals surface area contributed by atoms with Gasteiger partial charge in [0.1, 0.15) is 5.75 Å². The summed E-state index contributed by atoms with van der Waals surface area (Å²) >= 11 is 6.14. The third-order valence-corrected chi connectivity index (χ3v) is 3.43. The van der Waals surface area contributed by atoms with Crippen LogP contribution < -0.4 is 0 Å². The van der Waals surface area contributed by atoms with Gasteiger partial charge in [0, 0.05) is 22.1 Å². The molecule has 1 aromatic heterocycles. The minimum Gasteiger partial charge on any atom is -0.507 e. The summed E-state index contributed by atoms with van der Waals surface area (Å²) in [5.41, 5.74) is 3.04. The van der Waals surface area contributed by atoms with E-state index in [1.54, 1.807) is 6.07 Å². The molecule has 0 saturated carbocycles. The van der Waals surface area contributed by atoms with Gasteiger partial charge in [-0.15, -0.1) is 0 Å². The maximum atomic E-state index is 9.94. The van der Waals surface area contributed by atoms with Gasteiger partial charge in [-0.3, -0.25) is 0 Å². The average Bonchev–Trinajstić information content (AvgIpc) is 2.81. The van der Waals surface area contributed by atoms with Crippen LogP contribution >= 0.6 is 11.6 Å². The molecule has 0 aliphatic rings. The lowest BCUT2D eigenvalue weighted by Gasteiger charge is -2.06. The van der Waals surface area contributed by atoms with Crippen molar-refractivity contribution in [1.29, 1.82) is 0 Å². The number of aromatic hydroxyl groups is 1. The molecule has 1 heterocycles. The minimum absolute atomic E-state index is 0.302. The maximum Gasteiger partial charge on any atom is 0.125 e. The predicted molar refractivity (Wildman–Crippen MR) is 74.2 cm³/mol. The van der Waals surface area contributed by atoms with E-state index in [1.165, 1.54) is 0 Å². The lowest BCUT2D eigenvalue weighted by molar-refractivity contribution is 0.481. The number of nitrogens with one attached hydrogen (secondary N) is 1. The summed E-state index contributed by atoms with van der Waals surface area (Å²) in [6.45, 7) is 0. The van der Waals surface area contributed by atoms with E-state index in [4.69, 9.17) is 11.6 Å². The molecule has 0 amide bonds. The fourth-order valence-corrected chi connectivity index (χ4v) is 2.37. The Kier molecular flexibility index (Phi) is 2.73. The van der Waals surface area contributed by atoms with Gasteiger partial charge in [0.05, 0.1) is 0 Å². The van der Waals surface area contributed by atoms with Crippen LogP contribution in [-0.4, -0.2) is 10.1 Å². The second kappa shape index (κ2) is 4.39. The van der Waals surface area contributed by atoms with E-state index in [0.29, 0.717) is 12.2 Å². The molecule has 0 atom stereocenters. The Morgan fingerprint density at radius 2 is 1.94 bits per heavy atom. The van der Waals surface area contributed by atoms with Crippen LogP contribution in [0.25, 0.3) is 10.9 Å². The Morgan fingerprint density at radius 3 is 2.78 bits per heavy atom. The number of rotatable bonds is 2. The molecule has 2 nitrogen and oxygen atoms in total. The van der Waals surface area contributed by atoms with Crippen LogP contribution in [0.15, 0.2) is 48.7 Å². The Labute approximate surface area is 110 Å². The van der Waals surface area contributed by atoms with Gasteiger partial charge in [0.15, 0.2) is 0 Å². The van der Waals surface area contributed by atoms with Gasteiger partial charge in [0.25, 0.3) is 0 Å². The third kappa shape index (κ3) is 1.95. The largest absolute Gasteiger partial charge is 0.507 e. The summed E-state index contributed by atoms with van der Waals surface area (Å²) in [6.07, 6.45) is 2.53. The lowest BCUT2D eigenvalue weighted by Crippen LogP contribution is -1.89. The van der Waals surface area contributed by atoms with Crippen LogP contribution in [-0.2, 0) is 6.42 Å². The first-order valence-electron chi connectivity index (χ1n) is 5.76. The normalized spacial score (nSPS) is 10.9. The molecule has 0 aliphatic carbocycles. The van der Waals surface area contributed by atoms with E-state index >= 15 is 0 Å². The molecular weight excluding hydrogens is 246 g/mol. The van der Waals surface area contributed by atoms with Crippen molar-refractivity contribution >= 4 is 22.5 Å². The van der Waals surface area contributed by atoms with Crippen molar-refractivity contribution in [3.63, 3.8) is 0 Å². The van der Waals surface area contributed by atoms with E-state index in [-0.39, 0.29) is 0 Å². The van der Waals surface area contributed by atoms with Crippen molar-refractivity contribution in [1.82, 2.24) is 4.98 Å².